The molecule has 1 aliphatic heterocycles. The van der Waals surface area contributed by atoms with Crippen LogP contribution in [-0.2, 0) is 14.8 Å². The molecule has 2 aromatic rings. The Hall–Kier alpha value is -1.68. The number of halogens is 1. The molecule has 1 N–H and O–H groups in total. The predicted octanol–water partition coefficient (Wildman–Crippen LogP) is 3.42. The summed E-state index contributed by atoms with van der Waals surface area (Å²) in [5.74, 6) is 0.185. The van der Waals surface area contributed by atoms with Crippen LogP contribution < -0.4 is 5.32 Å². The maximum atomic E-state index is 12.7. The average molecular weight is 441 g/mol. The summed E-state index contributed by atoms with van der Waals surface area (Å²) < 4.78 is 26.8. The number of sulfonamides is 1. The van der Waals surface area contributed by atoms with E-state index < -0.39 is 15.3 Å². The van der Waals surface area contributed by atoms with E-state index in [1.807, 2.05) is 0 Å². The van der Waals surface area contributed by atoms with Gasteiger partial charge in [0.2, 0.25) is 15.9 Å². The van der Waals surface area contributed by atoms with Crippen molar-refractivity contribution in [2.75, 3.05) is 18.4 Å². The van der Waals surface area contributed by atoms with Crippen LogP contribution in [0.4, 0.5) is 5.82 Å². The number of hydrogen-bond donors (Lipinski definition) is 1. The van der Waals surface area contributed by atoms with E-state index in [1.54, 1.807) is 31.2 Å². The van der Waals surface area contributed by atoms with Crippen molar-refractivity contribution in [1.82, 2.24) is 14.3 Å². The van der Waals surface area contributed by atoms with Gasteiger partial charge in [-0.05, 0) is 44.0 Å². The Bertz CT molecular complexity index is 915. The fraction of sp³-hybridized carbons (Fsp3) is 0.389. The fourth-order valence-electron chi connectivity index (χ4n) is 2.76. The smallest absolute Gasteiger partial charge is 0.244 e. The molecule has 1 fully saturated rings. The Labute approximate surface area is 173 Å². The van der Waals surface area contributed by atoms with Crippen molar-refractivity contribution < 1.29 is 13.2 Å². The monoisotopic (exact) mass is 440 g/mol. The van der Waals surface area contributed by atoms with Crippen molar-refractivity contribution in [3.8, 4) is 0 Å². The molecule has 10 heteroatoms. The summed E-state index contributed by atoms with van der Waals surface area (Å²) in [7, 11) is -3.50. The molecule has 7 nitrogen and oxygen atoms in total. The molecule has 3 rings (SSSR count). The average Bonchev–Trinajstić information content (AvgIpc) is 2.70. The molecular weight excluding hydrogens is 420 g/mol. The van der Waals surface area contributed by atoms with Gasteiger partial charge in [0, 0.05) is 25.5 Å². The van der Waals surface area contributed by atoms with E-state index in [2.05, 4.69) is 15.3 Å². The third kappa shape index (κ3) is 5.22. The third-order valence-electron chi connectivity index (χ3n) is 4.31. The van der Waals surface area contributed by atoms with Crippen LogP contribution in [0.1, 0.15) is 26.2 Å². The first kappa shape index (κ1) is 21.0. The summed E-state index contributed by atoms with van der Waals surface area (Å²) in [4.78, 5) is 20.7. The Kier molecular flexibility index (Phi) is 6.92. The van der Waals surface area contributed by atoms with E-state index in [1.165, 1.54) is 28.5 Å². The van der Waals surface area contributed by atoms with E-state index in [9.17, 15) is 13.2 Å². The van der Waals surface area contributed by atoms with Gasteiger partial charge in [-0.3, -0.25) is 4.79 Å². The van der Waals surface area contributed by atoms with Crippen LogP contribution in [0.25, 0.3) is 0 Å². The van der Waals surface area contributed by atoms with E-state index in [-0.39, 0.29) is 10.8 Å². The largest absolute Gasteiger partial charge is 0.310 e. The van der Waals surface area contributed by atoms with Crippen LogP contribution in [0.2, 0.25) is 5.02 Å². The minimum Gasteiger partial charge on any atom is -0.310 e. The summed E-state index contributed by atoms with van der Waals surface area (Å²) >= 11 is 7.02. The van der Waals surface area contributed by atoms with Crippen molar-refractivity contribution in [3.63, 3.8) is 0 Å². The van der Waals surface area contributed by atoms with Crippen LogP contribution in [0.15, 0.2) is 46.6 Å². The normalized spacial score (nSPS) is 16.5. The molecule has 0 bridgehead atoms. The molecule has 0 aromatic carbocycles. The number of pyridine rings is 2. The van der Waals surface area contributed by atoms with Crippen LogP contribution in [0.5, 0.6) is 0 Å². The van der Waals surface area contributed by atoms with Gasteiger partial charge in [-0.15, -0.1) is 0 Å². The van der Waals surface area contributed by atoms with Gasteiger partial charge in [0.15, 0.2) is 0 Å². The maximum absolute atomic E-state index is 12.7. The number of carbonyl (C=O) groups excluding carboxylic acids is 1. The number of amides is 1. The van der Waals surface area contributed by atoms with Gasteiger partial charge in [0.25, 0.3) is 0 Å². The molecule has 1 aliphatic rings. The van der Waals surface area contributed by atoms with Gasteiger partial charge in [0.05, 0.1) is 15.3 Å². The highest BCUT2D eigenvalue weighted by molar-refractivity contribution is 8.00. The number of nitrogens with one attached hydrogen (secondary N) is 1. The van der Waals surface area contributed by atoms with Crippen molar-refractivity contribution in [1.29, 1.82) is 0 Å². The van der Waals surface area contributed by atoms with Gasteiger partial charge in [0.1, 0.15) is 10.7 Å². The lowest BCUT2D eigenvalue weighted by atomic mass is 10.2. The van der Waals surface area contributed by atoms with Crippen molar-refractivity contribution in [2.45, 2.75) is 41.4 Å². The van der Waals surface area contributed by atoms with E-state index >= 15 is 0 Å². The summed E-state index contributed by atoms with van der Waals surface area (Å²) in [6.45, 7) is 2.85. The van der Waals surface area contributed by atoms with E-state index in [0.29, 0.717) is 29.0 Å². The van der Waals surface area contributed by atoms with E-state index in [0.717, 1.165) is 19.3 Å². The SMILES string of the molecule is C[C@H](Sc1ccc(S(=O)(=O)N2CCCCC2)cn1)C(=O)Nc1ccc(Cl)cn1. The van der Waals surface area contributed by atoms with Crippen LogP contribution in [0, 0.1) is 0 Å². The molecule has 0 unspecified atom stereocenters. The molecule has 3 heterocycles. The predicted molar refractivity (Wildman–Crippen MR) is 110 cm³/mol. The number of aromatic nitrogens is 2. The summed E-state index contributed by atoms with van der Waals surface area (Å²) in [5.41, 5.74) is 0. The quantitative estimate of drug-likeness (QED) is 0.692. The first-order valence-electron chi connectivity index (χ1n) is 8.91. The lowest BCUT2D eigenvalue weighted by Gasteiger charge is -2.25. The van der Waals surface area contributed by atoms with Gasteiger partial charge in [-0.1, -0.05) is 29.8 Å². The standard InChI is InChI=1S/C18H21ClN4O3S2/c1-13(18(24)22-16-7-5-14(19)11-20-16)27-17-8-6-15(12-21-17)28(25,26)23-9-3-2-4-10-23/h5-8,11-13H,2-4,9-10H2,1H3,(H,20,22,24)/t13-/m0/s1. The summed E-state index contributed by atoms with van der Waals surface area (Å²) in [6, 6.07) is 6.44. The number of piperidine rings is 1. The third-order valence-corrected chi connectivity index (χ3v) is 7.46. The number of hydrogen-bond acceptors (Lipinski definition) is 6. The highest BCUT2D eigenvalue weighted by atomic mass is 35.5. The van der Waals surface area contributed by atoms with Crippen molar-refractivity contribution in [2.24, 2.45) is 0 Å². The zero-order chi connectivity index (χ0) is 20.1. The van der Waals surface area contributed by atoms with Crippen molar-refractivity contribution in [3.05, 3.63) is 41.7 Å². The molecule has 1 amide bonds. The molecule has 1 saturated heterocycles. The molecule has 0 spiro atoms. The fourth-order valence-corrected chi connectivity index (χ4v) is 5.12. The Morgan fingerprint density at radius 2 is 1.89 bits per heavy atom. The second-order valence-corrected chi connectivity index (χ2v) is 10.1. The van der Waals surface area contributed by atoms with Gasteiger partial charge >= 0.3 is 0 Å². The first-order valence-corrected chi connectivity index (χ1v) is 11.6. The number of carbonyl (C=O) groups is 1. The lowest BCUT2D eigenvalue weighted by Crippen LogP contribution is -2.35. The van der Waals surface area contributed by atoms with Gasteiger partial charge < -0.3 is 5.32 Å². The molecule has 150 valence electrons. The summed E-state index contributed by atoms with van der Waals surface area (Å²) in [6.07, 6.45) is 5.65. The molecule has 28 heavy (non-hydrogen) atoms. The minimum absolute atomic E-state index is 0.182. The molecule has 2 aromatic heterocycles. The zero-order valence-electron chi connectivity index (χ0n) is 15.3. The second kappa shape index (κ2) is 9.21. The number of anilines is 1. The first-order chi connectivity index (χ1) is 13.4. The highest BCUT2D eigenvalue weighted by Gasteiger charge is 2.26. The highest BCUT2D eigenvalue weighted by Crippen LogP contribution is 2.25. The van der Waals surface area contributed by atoms with Crippen molar-refractivity contribution >= 4 is 45.1 Å². The molecule has 1 atom stereocenters. The number of thioether (sulfide) groups is 1. The molecule has 0 saturated carbocycles. The van der Waals surface area contributed by atoms with Gasteiger partial charge in [-0.25, -0.2) is 18.4 Å². The van der Waals surface area contributed by atoms with Crippen LogP contribution in [0.3, 0.4) is 0 Å². The van der Waals surface area contributed by atoms with Gasteiger partial charge in [-0.2, -0.15) is 4.31 Å². The Morgan fingerprint density at radius 1 is 1.14 bits per heavy atom. The topological polar surface area (TPSA) is 92.3 Å². The van der Waals surface area contributed by atoms with Crippen LogP contribution >= 0.6 is 23.4 Å². The lowest BCUT2D eigenvalue weighted by molar-refractivity contribution is -0.115. The minimum atomic E-state index is -3.50. The summed E-state index contributed by atoms with van der Waals surface area (Å²) in [5, 5.41) is 3.34. The van der Waals surface area contributed by atoms with E-state index in [4.69, 9.17) is 11.6 Å². The maximum Gasteiger partial charge on any atom is 0.244 e. The Balaban J connectivity index is 1.61. The number of rotatable bonds is 6. The van der Waals surface area contributed by atoms with Crippen LogP contribution in [-0.4, -0.2) is 46.9 Å². The Morgan fingerprint density at radius 3 is 2.50 bits per heavy atom. The molecule has 0 radical (unpaired) electrons. The molecule has 0 aliphatic carbocycles. The molecular formula is C18H21ClN4O3S2. The number of nitrogens with zero attached hydrogens (tertiary/aromatic N) is 3. The zero-order valence-corrected chi connectivity index (χ0v) is 17.7. The second-order valence-electron chi connectivity index (χ2n) is 6.41.